The lowest BCUT2D eigenvalue weighted by molar-refractivity contribution is -0.167. The van der Waals surface area contributed by atoms with Crippen molar-refractivity contribution in [3.8, 4) is 5.75 Å². The minimum atomic E-state index is -2.36. The van der Waals surface area contributed by atoms with Crippen molar-refractivity contribution in [2.24, 2.45) is 17.6 Å². The fourth-order valence-electron chi connectivity index (χ4n) is 4.92. The second-order valence-electron chi connectivity index (χ2n) is 7.54. The molecule has 6 N–H and O–H groups in total. The lowest BCUT2D eigenvalue weighted by Crippen LogP contribution is -2.62. The second-order valence-corrected chi connectivity index (χ2v) is 7.54. The number of rotatable bonds is 1. The van der Waals surface area contributed by atoms with Crippen molar-refractivity contribution in [2.75, 3.05) is 0 Å². The molecule has 0 radical (unpaired) electrons. The van der Waals surface area contributed by atoms with E-state index in [1.54, 1.807) is 0 Å². The number of aliphatic hydroxyl groups is 3. The number of aliphatic hydroxyl groups excluding tert-OH is 2. The first-order chi connectivity index (χ1) is 12.7. The van der Waals surface area contributed by atoms with Gasteiger partial charge in [0, 0.05) is 23.8 Å². The molecule has 9 heteroatoms. The first kappa shape index (κ1) is 20.3. The molecule has 5 atom stereocenters. The van der Waals surface area contributed by atoms with Gasteiger partial charge in [0.15, 0.2) is 11.4 Å². The van der Waals surface area contributed by atoms with Gasteiger partial charge >= 0.3 is 0 Å². The quantitative estimate of drug-likeness (QED) is 0.418. The van der Waals surface area contributed by atoms with Crippen molar-refractivity contribution in [1.82, 2.24) is 0 Å². The first-order valence-electron chi connectivity index (χ1n) is 8.71. The number of phenolic OH excluding ortho intramolecular Hbond substituents is 1. The number of primary amides is 1. The first-order valence-corrected chi connectivity index (χ1v) is 8.71. The molecule has 28 heavy (non-hydrogen) atoms. The Bertz CT molecular complexity index is 927. The predicted molar refractivity (Wildman–Crippen MR) is 98.6 cm³/mol. The lowest BCUT2D eigenvalue weighted by Gasteiger charge is -2.48. The molecule has 0 saturated heterocycles. The molecule has 3 aliphatic rings. The van der Waals surface area contributed by atoms with Gasteiger partial charge < -0.3 is 26.2 Å². The average molecular weight is 410 g/mol. The number of halogens is 1. The highest BCUT2D eigenvalue weighted by atomic mass is 35.5. The van der Waals surface area contributed by atoms with Crippen LogP contribution in [0.15, 0.2) is 23.8 Å². The Hall–Kier alpha value is -2.42. The van der Waals surface area contributed by atoms with Crippen LogP contribution in [0, 0.1) is 11.8 Å². The topological polar surface area (TPSA) is 158 Å². The van der Waals surface area contributed by atoms with Crippen molar-refractivity contribution >= 4 is 35.6 Å². The molecule has 1 aromatic rings. The van der Waals surface area contributed by atoms with Crippen LogP contribution in [0.25, 0.3) is 5.76 Å². The van der Waals surface area contributed by atoms with E-state index in [-0.39, 0.29) is 54.1 Å². The third-order valence-electron chi connectivity index (χ3n) is 6.10. The number of benzene rings is 1. The van der Waals surface area contributed by atoms with Gasteiger partial charge in [0.05, 0.1) is 17.6 Å². The normalized spacial score (nSPS) is 34.1. The van der Waals surface area contributed by atoms with Gasteiger partial charge in [0.2, 0.25) is 11.7 Å². The Morgan fingerprint density at radius 3 is 2.50 bits per heavy atom. The van der Waals surface area contributed by atoms with E-state index in [1.165, 1.54) is 18.2 Å². The van der Waals surface area contributed by atoms with Gasteiger partial charge in [-0.1, -0.05) is 12.1 Å². The minimum absolute atomic E-state index is 0. The minimum Gasteiger partial charge on any atom is -0.507 e. The van der Waals surface area contributed by atoms with E-state index in [2.05, 4.69) is 0 Å². The summed E-state index contributed by atoms with van der Waals surface area (Å²) < 4.78 is 0. The number of Topliss-reactive ketones (excluding diaryl/α,β-unsaturated/α-hetero) is 2. The molecular formula is C19H20ClNO7. The molecule has 0 heterocycles. The monoisotopic (exact) mass is 409 g/mol. The SMILES string of the molecule is Cl.NC(=O)C1c2cccc(O)c2C(O)=C2C(=O)C3(O)C(=O)CC(O)CC3CC21. The van der Waals surface area contributed by atoms with Crippen molar-refractivity contribution < 1.29 is 34.8 Å². The molecule has 5 unspecified atom stereocenters. The number of hydrogen-bond donors (Lipinski definition) is 5. The number of phenols is 1. The van der Waals surface area contributed by atoms with E-state index in [9.17, 15) is 34.8 Å². The van der Waals surface area contributed by atoms with E-state index in [1.807, 2.05) is 0 Å². The average Bonchev–Trinajstić information content (AvgIpc) is 2.57. The van der Waals surface area contributed by atoms with Gasteiger partial charge in [-0.3, -0.25) is 14.4 Å². The Kier molecular flexibility index (Phi) is 4.77. The smallest absolute Gasteiger partial charge is 0.225 e. The molecule has 0 bridgehead atoms. The summed E-state index contributed by atoms with van der Waals surface area (Å²) >= 11 is 0. The fourth-order valence-corrected chi connectivity index (χ4v) is 4.92. The molecular weight excluding hydrogens is 390 g/mol. The molecule has 2 saturated carbocycles. The van der Waals surface area contributed by atoms with E-state index in [0.29, 0.717) is 0 Å². The van der Waals surface area contributed by atoms with E-state index >= 15 is 0 Å². The number of aromatic hydroxyl groups is 1. The number of carbonyl (C=O) groups is 3. The molecule has 0 spiro atoms. The molecule has 0 aromatic heterocycles. The van der Waals surface area contributed by atoms with Gasteiger partial charge in [-0.25, -0.2) is 0 Å². The summed E-state index contributed by atoms with van der Waals surface area (Å²) in [5, 5.41) is 41.7. The van der Waals surface area contributed by atoms with Crippen LogP contribution in [-0.2, 0) is 14.4 Å². The summed E-state index contributed by atoms with van der Waals surface area (Å²) in [6.07, 6.45) is -1.30. The van der Waals surface area contributed by atoms with Gasteiger partial charge in [-0.2, -0.15) is 0 Å². The van der Waals surface area contributed by atoms with Crippen LogP contribution in [0.5, 0.6) is 5.75 Å². The van der Waals surface area contributed by atoms with Gasteiger partial charge in [0.1, 0.15) is 11.5 Å². The molecule has 2 fully saturated rings. The lowest BCUT2D eigenvalue weighted by atomic mass is 9.56. The van der Waals surface area contributed by atoms with Crippen LogP contribution >= 0.6 is 12.4 Å². The maximum atomic E-state index is 13.1. The van der Waals surface area contributed by atoms with Crippen molar-refractivity contribution in [1.29, 1.82) is 0 Å². The summed E-state index contributed by atoms with van der Waals surface area (Å²) in [6.45, 7) is 0. The van der Waals surface area contributed by atoms with Crippen LogP contribution in [0.4, 0.5) is 0 Å². The van der Waals surface area contributed by atoms with Crippen molar-refractivity contribution in [3.05, 3.63) is 34.9 Å². The molecule has 4 rings (SSSR count). The summed E-state index contributed by atoms with van der Waals surface area (Å²) in [5.41, 5.74) is 3.14. The fraction of sp³-hybridized carbons (Fsp3) is 0.421. The van der Waals surface area contributed by atoms with Crippen LogP contribution < -0.4 is 5.73 Å². The highest BCUT2D eigenvalue weighted by Gasteiger charge is 2.61. The summed E-state index contributed by atoms with van der Waals surface area (Å²) in [6, 6.07) is 4.32. The maximum Gasteiger partial charge on any atom is 0.225 e. The van der Waals surface area contributed by atoms with Crippen LogP contribution in [0.2, 0.25) is 0 Å². The predicted octanol–water partition coefficient (Wildman–Crippen LogP) is 0.326. The molecule has 0 aliphatic heterocycles. The zero-order valence-electron chi connectivity index (χ0n) is 14.7. The summed E-state index contributed by atoms with van der Waals surface area (Å²) in [4.78, 5) is 37.7. The van der Waals surface area contributed by atoms with Crippen molar-refractivity contribution in [2.45, 2.75) is 36.9 Å². The zero-order valence-corrected chi connectivity index (χ0v) is 15.5. The van der Waals surface area contributed by atoms with Gasteiger partial charge in [0.25, 0.3) is 0 Å². The summed E-state index contributed by atoms with van der Waals surface area (Å²) in [5.74, 6) is -6.20. The van der Waals surface area contributed by atoms with Gasteiger partial charge in [-0.05, 0) is 24.5 Å². The van der Waals surface area contributed by atoms with Crippen LogP contribution in [-0.4, -0.2) is 49.6 Å². The van der Waals surface area contributed by atoms with Crippen LogP contribution in [0.3, 0.4) is 0 Å². The number of carbonyl (C=O) groups excluding carboxylic acids is 3. The van der Waals surface area contributed by atoms with E-state index in [0.717, 1.165) is 0 Å². The second kappa shape index (κ2) is 6.58. The Labute approximate surface area is 166 Å². The van der Waals surface area contributed by atoms with Crippen molar-refractivity contribution in [3.63, 3.8) is 0 Å². The third kappa shape index (κ3) is 2.48. The molecule has 8 nitrogen and oxygen atoms in total. The highest BCUT2D eigenvalue weighted by Crippen LogP contribution is 2.54. The largest absolute Gasteiger partial charge is 0.507 e. The zero-order chi connectivity index (χ0) is 19.7. The Morgan fingerprint density at radius 2 is 1.86 bits per heavy atom. The summed E-state index contributed by atoms with van der Waals surface area (Å²) in [7, 11) is 0. The number of fused-ring (bicyclic) bond motifs is 3. The molecule has 1 amide bonds. The number of ketones is 2. The van der Waals surface area contributed by atoms with Crippen LogP contribution in [0.1, 0.15) is 36.3 Å². The Morgan fingerprint density at radius 1 is 1.18 bits per heavy atom. The Balaban J connectivity index is 0.00000225. The molecule has 1 aromatic carbocycles. The number of amides is 1. The van der Waals surface area contributed by atoms with E-state index < -0.39 is 52.7 Å². The number of nitrogens with two attached hydrogens (primary N) is 1. The molecule has 3 aliphatic carbocycles. The maximum absolute atomic E-state index is 13.1. The third-order valence-corrected chi connectivity index (χ3v) is 6.10. The standard InChI is InChI=1S/C19H19NO7.ClH/c20-18(26)13-9-2-1-3-11(22)14(9)16(24)15-10(13)5-7-4-8(21)6-12(23)19(7,27)17(15)25;/h1-3,7-8,10,13,21-22,24,27H,4-6H2,(H2,20,26);1H. The highest BCUT2D eigenvalue weighted by molar-refractivity contribution is 6.21. The number of hydrogen-bond acceptors (Lipinski definition) is 7. The van der Waals surface area contributed by atoms with Gasteiger partial charge in [-0.15, -0.1) is 12.4 Å². The van der Waals surface area contributed by atoms with E-state index in [4.69, 9.17) is 5.73 Å². The molecule has 150 valence electrons.